The number of quaternary nitrogens is 1. The molecule has 130 valence electrons. The summed E-state index contributed by atoms with van der Waals surface area (Å²) in [7, 11) is 1.54. The van der Waals surface area contributed by atoms with Crippen LogP contribution >= 0.6 is 0 Å². The topological polar surface area (TPSA) is 46.5 Å². The van der Waals surface area contributed by atoms with Crippen molar-refractivity contribution in [3.05, 3.63) is 47.2 Å². The summed E-state index contributed by atoms with van der Waals surface area (Å²) in [5.74, 6) is 0.403. The molecule has 4 nitrogen and oxygen atoms in total. The number of methoxy groups -OCH3 is 1. The fourth-order valence-corrected chi connectivity index (χ4v) is 5.93. The summed E-state index contributed by atoms with van der Waals surface area (Å²) in [6.07, 6.45) is 5.35. The molecule has 1 aromatic heterocycles. The van der Waals surface area contributed by atoms with Gasteiger partial charge in [0, 0.05) is 28.9 Å². The summed E-state index contributed by atoms with van der Waals surface area (Å²) in [5, 5.41) is 1.27. The predicted octanol–water partition coefficient (Wildman–Crippen LogP) is 1.76. The highest BCUT2D eigenvalue weighted by atomic mass is 16.5. The van der Waals surface area contributed by atoms with Crippen LogP contribution in [0.25, 0.3) is 10.9 Å². The highest BCUT2D eigenvalue weighted by Gasteiger charge is 2.63. The number of rotatable bonds is 2. The van der Waals surface area contributed by atoms with Crippen LogP contribution in [0, 0.1) is 5.92 Å². The fourth-order valence-electron chi connectivity index (χ4n) is 5.93. The molecule has 25 heavy (non-hydrogen) atoms. The molecule has 0 saturated carbocycles. The molecule has 4 aliphatic rings. The molecular formula is C21H25N2O2+. The van der Waals surface area contributed by atoms with Crippen molar-refractivity contribution in [1.82, 2.24) is 4.98 Å². The van der Waals surface area contributed by atoms with Gasteiger partial charge in [-0.15, -0.1) is 0 Å². The molecule has 3 aliphatic heterocycles. The molecule has 0 amide bonds. The van der Waals surface area contributed by atoms with Gasteiger partial charge in [0.15, 0.2) is 5.41 Å². The van der Waals surface area contributed by atoms with Gasteiger partial charge in [-0.1, -0.05) is 31.2 Å². The summed E-state index contributed by atoms with van der Waals surface area (Å²) in [5.41, 5.74) is 4.48. The van der Waals surface area contributed by atoms with Crippen molar-refractivity contribution in [2.45, 2.75) is 37.6 Å². The molecule has 2 N–H and O–H groups in total. The smallest absolute Gasteiger partial charge is 0.324 e. The molecule has 4 atom stereocenters. The number of ether oxygens (including phenoxy) is 1. The van der Waals surface area contributed by atoms with E-state index in [1.807, 2.05) is 0 Å². The number of aromatic amines is 1. The maximum atomic E-state index is 13.3. The van der Waals surface area contributed by atoms with Gasteiger partial charge >= 0.3 is 5.97 Å². The number of H-pyrrole nitrogens is 1. The van der Waals surface area contributed by atoms with Gasteiger partial charge in [-0.05, 0) is 30.0 Å². The summed E-state index contributed by atoms with van der Waals surface area (Å²) in [4.78, 5) is 18.5. The monoisotopic (exact) mass is 337 g/mol. The van der Waals surface area contributed by atoms with Crippen molar-refractivity contribution in [2.75, 3.05) is 20.2 Å². The van der Waals surface area contributed by atoms with Crippen LogP contribution in [0.2, 0.25) is 0 Å². The number of benzene rings is 1. The SMILES string of the molecule is CCC1=C[C@@H]2C[NH+]3CCc4c([nH]c5ccccc45)[C@@](C(=O)OC)(C2)[C@@H]13. The van der Waals surface area contributed by atoms with Crippen molar-refractivity contribution >= 4 is 16.9 Å². The summed E-state index contributed by atoms with van der Waals surface area (Å²) in [6.45, 7) is 4.46. The zero-order valence-electron chi connectivity index (χ0n) is 14.9. The van der Waals surface area contributed by atoms with Gasteiger partial charge in [0.1, 0.15) is 6.04 Å². The predicted molar refractivity (Wildman–Crippen MR) is 96.7 cm³/mol. The van der Waals surface area contributed by atoms with Crippen LogP contribution in [0.4, 0.5) is 0 Å². The Labute approximate surface area is 147 Å². The van der Waals surface area contributed by atoms with Crippen LogP contribution < -0.4 is 4.90 Å². The first-order valence-corrected chi connectivity index (χ1v) is 9.42. The molecule has 2 aromatic rings. The molecule has 1 unspecified atom stereocenters. The number of carbonyl (C=O) groups excluding carboxylic acids is 1. The Morgan fingerprint density at radius 2 is 2.24 bits per heavy atom. The van der Waals surface area contributed by atoms with E-state index in [-0.39, 0.29) is 12.0 Å². The van der Waals surface area contributed by atoms with Crippen molar-refractivity contribution in [3.63, 3.8) is 0 Å². The van der Waals surface area contributed by atoms with Crippen LogP contribution in [0.5, 0.6) is 0 Å². The lowest BCUT2D eigenvalue weighted by molar-refractivity contribution is -0.933. The maximum Gasteiger partial charge on any atom is 0.324 e. The number of esters is 1. The largest absolute Gasteiger partial charge is 0.468 e. The minimum Gasteiger partial charge on any atom is -0.468 e. The highest BCUT2D eigenvalue weighted by molar-refractivity contribution is 5.91. The Balaban J connectivity index is 1.83. The standard InChI is InChI=1S/C21H24N2O2/c1-3-14-10-13-11-21(20(24)25-2)18-16(8-9-23(12-13)19(14)21)15-6-4-5-7-17(15)22-18/h4-7,10,13,19,22H,3,8-9,11-12H2,1-2H3/p+1/t13-,19+,21-/m0/s1. The number of hydrogen-bond acceptors (Lipinski definition) is 2. The number of hydrogen-bond donors (Lipinski definition) is 2. The molecule has 0 spiro atoms. The minimum atomic E-state index is -0.558. The second kappa shape index (κ2) is 5.21. The summed E-state index contributed by atoms with van der Waals surface area (Å²) >= 11 is 0. The Morgan fingerprint density at radius 3 is 3.04 bits per heavy atom. The van der Waals surface area contributed by atoms with Crippen molar-refractivity contribution in [1.29, 1.82) is 0 Å². The van der Waals surface area contributed by atoms with E-state index >= 15 is 0 Å². The third-order valence-electron chi connectivity index (χ3n) is 6.74. The average molecular weight is 337 g/mol. The molecular weight excluding hydrogens is 312 g/mol. The lowest BCUT2D eigenvalue weighted by Crippen LogP contribution is -3.20. The zero-order chi connectivity index (χ0) is 17.2. The molecule has 1 aliphatic carbocycles. The van der Waals surface area contributed by atoms with Crippen molar-refractivity contribution < 1.29 is 14.4 Å². The molecule has 1 aromatic carbocycles. The third-order valence-corrected chi connectivity index (χ3v) is 6.74. The Hall–Kier alpha value is -2.07. The number of carbonyl (C=O) groups is 1. The zero-order valence-corrected chi connectivity index (χ0v) is 14.9. The van der Waals surface area contributed by atoms with Crippen molar-refractivity contribution in [2.24, 2.45) is 5.92 Å². The van der Waals surface area contributed by atoms with E-state index in [4.69, 9.17) is 4.74 Å². The fraction of sp³-hybridized carbons (Fsp3) is 0.476. The molecule has 4 heteroatoms. The summed E-state index contributed by atoms with van der Waals surface area (Å²) in [6, 6.07) is 8.67. The van der Waals surface area contributed by atoms with Gasteiger partial charge in [0.05, 0.1) is 20.2 Å². The Morgan fingerprint density at radius 1 is 1.40 bits per heavy atom. The molecule has 0 radical (unpaired) electrons. The quantitative estimate of drug-likeness (QED) is 0.648. The molecule has 6 rings (SSSR count). The first-order valence-electron chi connectivity index (χ1n) is 9.42. The summed E-state index contributed by atoms with van der Waals surface area (Å²) < 4.78 is 5.42. The molecule has 1 saturated heterocycles. The van der Waals surface area contributed by atoms with Gasteiger partial charge in [0.25, 0.3) is 0 Å². The minimum absolute atomic E-state index is 0.0616. The molecule has 1 fully saturated rings. The second-order valence-electron chi connectivity index (χ2n) is 7.84. The highest BCUT2D eigenvalue weighted by Crippen LogP contribution is 2.47. The van der Waals surface area contributed by atoms with Gasteiger partial charge < -0.3 is 14.6 Å². The first-order chi connectivity index (χ1) is 12.2. The maximum absolute atomic E-state index is 13.3. The van der Waals surface area contributed by atoms with Crippen LogP contribution in [0.3, 0.4) is 0 Å². The number of nitrogens with one attached hydrogen (secondary N) is 2. The average Bonchev–Trinajstić information content (AvgIpc) is 3.00. The number of piperidine rings is 1. The third kappa shape index (κ3) is 1.83. The van der Waals surface area contributed by atoms with Gasteiger partial charge in [-0.3, -0.25) is 4.79 Å². The van der Waals surface area contributed by atoms with E-state index in [1.54, 1.807) is 12.0 Å². The van der Waals surface area contributed by atoms with Crippen LogP contribution in [0.1, 0.15) is 31.0 Å². The normalized spacial score (nSPS) is 32.9. The number of fused-ring (bicyclic) bond motifs is 3. The van der Waals surface area contributed by atoms with E-state index < -0.39 is 5.41 Å². The van der Waals surface area contributed by atoms with Crippen LogP contribution in [-0.2, 0) is 21.4 Å². The Kier molecular flexibility index (Phi) is 3.17. The number of para-hydroxylation sites is 1. The number of aromatic nitrogens is 1. The van der Waals surface area contributed by atoms with Gasteiger partial charge in [-0.25, -0.2) is 0 Å². The van der Waals surface area contributed by atoms with Crippen LogP contribution in [-0.4, -0.2) is 37.2 Å². The lowest BCUT2D eigenvalue weighted by atomic mass is 9.60. The Bertz CT molecular complexity index is 896. The van der Waals surface area contributed by atoms with E-state index in [2.05, 4.69) is 42.2 Å². The van der Waals surface area contributed by atoms with E-state index in [0.29, 0.717) is 5.92 Å². The molecule has 4 bridgehead atoms. The van der Waals surface area contributed by atoms with E-state index in [0.717, 1.165) is 43.6 Å². The molecule has 4 heterocycles. The van der Waals surface area contributed by atoms with Gasteiger partial charge in [0.2, 0.25) is 0 Å². The first kappa shape index (κ1) is 15.2. The lowest BCUT2D eigenvalue weighted by Gasteiger charge is -2.50. The van der Waals surface area contributed by atoms with E-state index in [9.17, 15) is 4.79 Å². The van der Waals surface area contributed by atoms with Crippen molar-refractivity contribution in [3.8, 4) is 0 Å². The second-order valence-corrected chi connectivity index (χ2v) is 7.84. The van der Waals surface area contributed by atoms with E-state index in [1.165, 1.54) is 16.5 Å². The van der Waals surface area contributed by atoms with Gasteiger partial charge in [-0.2, -0.15) is 0 Å². The van der Waals surface area contributed by atoms with Crippen LogP contribution in [0.15, 0.2) is 35.9 Å².